The molecule has 2 aromatic rings. The predicted molar refractivity (Wildman–Crippen MR) is 99.9 cm³/mol. The Morgan fingerprint density at radius 3 is 2.32 bits per heavy atom. The number of non-ortho nitro benzene ring substituents is 1. The third-order valence-corrected chi connectivity index (χ3v) is 4.93. The molecular formula is C18H18BrN3O3. The molecule has 0 unspecified atom stereocenters. The summed E-state index contributed by atoms with van der Waals surface area (Å²) in [4.78, 5) is 27.1. The Balaban J connectivity index is 1.68. The summed E-state index contributed by atoms with van der Waals surface area (Å²) in [6.07, 6.45) is 0. The molecule has 7 heteroatoms. The van der Waals surface area contributed by atoms with Gasteiger partial charge in [-0.25, -0.2) is 0 Å². The van der Waals surface area contributed by atoms with Crippen LogP contribution in [0.2, 0.25) is 0 Å². The van der Waals surface area contributed by atoms with Crippen LogP contribution in [-0.2, 0) is 0 Å². The molecular weight excluding hydrogens is 386 g/mol. The van der Waals surface area contributed by atoms with Crippen LogP contribution in [0.15, 0.2) is 53.0 Å². The first-order chi connectivity index (χ1) is 12.0. The number of benzene rings is 2. The number of anilines is 1. The number of rotatable bonds is 3. The maximum atomic E-state index is 12.7. The summed E-state index contributed by atoms with van der Waals surface area (Å²) in [7, 11) is 0. The summed E-state index contributed by atoms with van der Waals surface area (Å²) in [5.74, 6) is 0.0309. The quantitative estimate of drug-likeness (QED) is 0.578. The number of nitrogens with zero attached hydrogens (tertiary/aromatic N) is 3. The summed E-state index contributed by atoms with van der Waals surface area (Å²) in [5.41, 5.74) is 1.70. The van der Waals surface area contributed by atoms with Gasteiger partial charge in [0.15, 0.2) is 0 Å². The highest BCUT2D eigenvalue weighted by Crippen LogP contribution is 2.23. The van der Waals surface area contributed by atoms with Gasteiger partial charge in [-0.05, 0) is 43.3 Å². The summed E-state index contributed by atoms with van der Waals surface area (Å²) >= 11 is 3.38. The summed E-state index contributed by atoms with van der Waals surface area (Å²) < 4.78 is 0.945. The third-order valence-electron chi connectivity index (χ3n) is 4.41. The zero-order valence-corrected chi connectivity index (χ0v) is 15.3. The smallest absolute Gasteiger partial charge is 0.269 e. The first-order valence-corrected chi connectivity index (χ1v) is 8.81. The van der Waals surface area contributed by atoms with E-state index in [1.165, 1.54) is 12.1 Å². The van der Waals surface area contributed by atoms with E-state index in [0.29, 0.717) is 25.2 Å². The van der Waals surface area contributed by atoms with Crippen LogP contribution in [0.3, 0.4) is 0 Å². The number of halogens is 1. The van der Waals surface area contributed by atoms with E-state index in [2.05, 4.69) is 20.8 Å². The average molecular weight is 404 g/mol. The van der Waals surface area contributed by atoms with Gasteiger partial charge in [0.05, 0.1) is 4.92 Å². The molecule has 1 fully saturated rings. The lowest BCUT2D eigenvalue weighted by atomic mass is 10.1. The largest absolute Gasteiger partial charge is 0.368 e. The summed E-state index contributed by atoms with van der Waals surface area (Å²) in [5, 5.41) is 10.8. The molecule has 1 atom stereocenters. The van der Waals surface area contributed by atoms with E-state index in [0.717, 1.165) is 10.2 Å². The van der Waals surface area contributed by atoms with Gasteiger partial charge in [-0.2, -0.15) is 0 Å². The fourth-order valence-electron chi connectivity index (χ4n) is 3.04. The van der Waals surface area contributed by atoms with Crippen LogP contribution >= 0.6 is 15.9 Å². The van der Waals surface area contributed by atoms with Gasteiger partial charge < -0.3 is 9.80 Å². The van der Waals surface area contributed by atoms with Crippen molar-refractivity contribution in [3.05, 3.63) is 68.7 Å². The predicted octanol–water partition coefficient (Wildman–Crippen LogP) is 3.71. The zero-order valence-electron chi connectivity index (χ0n) is 13.8. The van der Waals surface area contributed by atoms with E-state index in [1.54, 1.807) is 12.1 Å². The van der Waals surface area contributed by atoms with Crippen LogP contribution in [0.5, 0.6) is 0 Å². The molecule has 1 heterocycles. The lowest BCUT2D eigenvalue weighted by Gasteiger charge is -2.41. The molecule has 1 aliphatic rings. The van der Waals surface area contributed by atoms with Crippen molar-refractivity contribution in [2.75, 3.05) is 24.5 Å². The Bertz CT molecular complexity index is 777. The highest BCUT2D eigenvalue weighted by Gasteiger charge is 2.28. The van der Waals surface area contributed by atoms with Crippen molar-refractivity contribution in [2.45, 2.75) is 13.0 Å². The number of nitro benzene ring substituents is 1. The molecule has 0 aromatic heterocycles. The molecule has 2 aromatic carbocycles. The van der Waals surface area contributed by atoms with E-state index in [-0.39, 0.29) is 17.6 Å². The molecule has 0 N–H and O–H groups in total. The second kappa shape index (κ2) is 7.23. The second-order valence-electron chi connectivity index (χ2n) is 6.07. The van der Waals surface area contributed by atoms with Crippen LogP contribution < -0.4 is 4.90 Å². The average Bonchev–Trinajstić information content (AvgIpc) is 2.62. The fraction of sp³-hybridized carbons (Fsp3) is 0.278. The van der Waals surface area contributed by atoms with Crippen LogP contribution in [-0.4, -0.2) is 41.4 Å². The maximum absolute atomic E-state index is 12.7. The van der Waals surface area contributed by atoms with E-state index in [9.17, 15) is 14.9 Å². The summed E-state index contributed by atoms with van der Waals surface area (Å²) in [6, 6.07) is 14.0. The van der Waals surface area contributed by atoms with Gasteiger partial charge in [-0.3, -0.25) is 14.9 Å². The van der Waals surface area contributed by atoms with Crippen molar-refractivity contribution in [3.63, 3.8) is 0 Å². The molecule has 0 radical (unpaired) electrons. The first kappa shape index (κ1) is 17.4. The van der Waals surface area contributed by atoms with E-state index in [4.69, 9.17) is 0 Å². The van der Waals surface area contributed by atoms with Crippen molar-refractivity contribution in [3.8, 4) is 0 Å². The molecule has 1 amide bonds. The number of amides is 1. The first-order valence-electron chi connectivity index (χ1n) is 8.01. The van der Waals surface area contributed by atoms with Crippen LogP contribution in [0.25, 0.3) is 0 Å². The Hall–Kier alpha value is -2.41. The maximum Gasteiger partial charge on any atom is 0.269 e. The van der Waals surface area contributed by atoms with Crippen molar-refractivity contribution in [2.24, 2.45) is 0 Å². The number of hydrogen-bond donors (Lipinski definition) is 0. The minimum atomic E-state index is -0.402. The second-order valence-corrected chi connectivity index (χ2v) is 6.99. The van der Waals surface area contributed by atoms with Crippen molar-refractivity contribution in [1.82, 2.24) is 4.90 Å². The monoisotopic (exact) mass is 403 g/mol. The number of nitro groups is 1. The highest BCUT2D eigenvalue weighted by atomic mass is 79.9. The van der Waals surface area contributed by atoms with E-state index in [1.807, 2.05) is 36.1 Å². The summed E-state index contributed by atoms with van der Waals surface area (Å²) in [6.45, 7) is 4.03. The Morgan fingerprint density at radius 1 is 1.12 bits per heavy atom. The normalized spacial score (nSPS) is 17.4. The minimum absolute atomic E-state index is 0.0309. The zero-order chi connectivity index (χ0) is 18.0. The van der Waals surface area contributed by atoms with E-state index < -0.39 is 4.92 Å². The van der Waals surface area contributed by atoms with Gasteiger partial charge >= 0.3 is 0 Å². The van der Waals surface area contributed by atoms with Gasteiger partial charge in [-0.1, -0.05) is 15.9 Å². The molecule has 1 saturated heterocycles. The molecule has 0 spiro atoms. The van der Waals surface area contributed by atoms with Crippen LogP contribution in [0.1, 0.15) is 17.3 Å². The fourth-order valence-corrected chi connectivity index (χ4v) is 3.30. The van der Waals surface area contributed by atoms with Gasteiger partial charge in [0.2, 0.25) is 0 Å². The number of carbonyl (C=O) groups is 1. The van der Waals surface area contributed by atoms with E-state index >= 15 is 0 Å². The molecule has 1 aliphatic heterocycles. The third kappa shape index (κ3) is 3.82. The van der Waals surface area contributed by atoms with Crippen molar-refractivity contribution in [1.29, 1.82) is 0 Å². The minimum Gasteiger partial charge on any atom is -0.368 e. The lowest BCUT2D eigenvalue weighted by Crippen LogP contribution is -2.54. The molecule has 25 heavy (non-hydrogen) atoms. The van der Waals surface area contributed by atoms with Gasteiger partial charge in [-0.15, -0.1) is 0 Å². The number of piperazine rings is 1. The molecule has 3 rings (SSSR count). The van der Waals surface area contributed by atoms with Crippen LogP contribution in [0, 0.1) is 10.1 Å². The number of carbonyl (C=O) groups excluding carboxylic acids is 1. The standard InChI is InChI=1S/C18H18BrN3O3/c1-13-12-20(16-6-8-17(9-7-16)22(24)25)10-11-21(13)18(23)14-2-4-15(19)5-3-14/h2-9,13H,10-12H2,1H3/t13-/m0/s1. The van der Waals surface area contributed by atoms with Gasteiger partial charge in [0, 0.05) is 53.5 Å². The molecule has 6 nitrogen and oxygen atoms in total. The Morgan fingerprint density at radius 2 is 1.76 bits per heavy atom. The van der Waals surface area contributed by atoms with Gasteiger partial charge in [0.25, 0.3) is 11.6 Å². The Kier molecular flexibility index (Phi) is 5.03. The Labute approximate surface area is 154 Å². The molecule has 130 valence electrons. The van der Waals surface area contributed by atoms with Crippen molar-refractivity contribution >= 4 is 33.2 Å². The molecule has 0 bridgehead atoms. The van der Waals surface area contributed by atoms with Crippen molar-refractivity contribution < 1.29 is 9.72 Å². The SMILES string of the molecule is C[C@H]1CN(c2ccc([N+](=O)[O-])cc2)CCN1C(=O)c1ccc(Br)cc1. The lowest BCUT2D eigenvalue weighted by molar-refractivity contribution is -0.384. The number of hydrogen-bond acceptors (Lipinski definition) is 4. The van der Waals surface area contributed by atoms with Gasteiger partial charge in [0.1, 0.15) is 0 Å². The molecule has 0 aliphatic carbocycles. The van der Waals surface area contributed by atoms with Crippen LogP contribution in [0.4, 0.5) is 11.4 Å². The highest BCUT2D eigenvalue weighted by molar-refractivity contribution is 9.10. The topological polar surface area (TPSA) is 66.7 Å². The molecule has 0 saturated carbocycles.